The van der Waals surface area contributed by atoms with Crippen LogP contribution in [0.1, 0.15) is 12.8 Å². The van der Waals surface area contributed by atoms with Gasteiger partial charge in [0.25, 0.3) is 0 Å². The summed E-state index contributed by atoms with van der Waals surface area (Å²) in [7, 11) is 1.35. The summed E-state index contributed by atoms with van der Waals surface area (Å²) >= 11 is 4.65. The Bertz CT molecular complexity index is 293. The highest BCUT2D eigenvalue weighted by Crippen LogP contribution is 2.18. The number of carbonyl (C=O) groups is 2. The van der Waals surface area contributed by atoms with Crippen molar-refractivity contribution in [2.45, 2.75) is 12.8 Å². The van der Waals surface area contributed by atoms with E-state index in [1.807, 2.05) is 0 Å². The zero-order valence-electron chi connectivity index (χ0n) is 8.56. The first-order chi connectivity index (χ1) is 7.04. The number of methoxy groups -OCH3 is 1. The molecule has 0 aromatic rings. The van der Waals surface area contributed by atoms with E-state index in [4.69, 9.17) is 5.73 Å². The quantitative estimate of drug-likeness (QED) is 0.531. The van der Waals surface area contributed by atoms with Crippen molar-refractivity contribution in [3.05, 3.63) is 0 Å². The molecule has 6 heteroatoms. The van der Waals surface area contributed by atoms with Gasteiger partial charge in [-0.05, 0) is 6.42 Å². The molecule has 5 nitrogen and oxygen atoms in total. The molecule has 0 aromatic heterocycles. The zero-order valence-corrected chi connectivity index (χ0v) is 9.38. The lowest BCUT2D eigenvalue weighted by molar-refractivity contribution is -0.145. The number of nitrogens with two attached hydrogens (primary N) is 1. The molecule has 15 heavy (non-hydrogen) atoms. The Morgan fingerprint density at radius 2 is 2.27 bits per heavy atom. The van der Waals surface area contributed by atoms with Gasteiger partial charge in [0.2, 0.25) is 5.91 Å². The maximum atomic E-state index is 11.5. The third-order valence-electron chi connectivity index (χ3n) is 2.40. The standard InChI is InChI=1S/C9H14N2O3S/c1-14-9(13)6-2-3-11(5-6)8(12)4-7(10)15/h6H,2-5H2,1H3,(H2,10,15). The fourth-order valence-electron chi connectivity index (χ4n) is 1.61. The van der Waals surface area contributed by atoms with Gasteiger partial charge in [0.1, 0.15) is 0 Å². The van der Waals surface area contributed by atoms with Crippen LogP contribution in [0.5, 0.6) is 0 Å². The second-order valence-electron chi connectivity index (χ2n) is 3.49. The van der Waals surface area contributed by atoms with Gasteiger partial charge in [-0.15, -0.1) is 0 Å². The Morgan fingerprint density at radius 1 is 1.60 bits per heavy atom. The Morgan fingerprint density at radius 3 is 2.80 bits per heavy atom. The van der Waals surface area contributed by atoms with Gasteiger partial charge in [-0.3, -0.25) is 9.59 Å². The summed E-state index contributed by atoms with van der Waals surface area (Å²) in [4.78, 5) is 24.5. The SMILES string of the molecule is COC(=O)C1CCN(C(=O)CC(N)=S)C1. The molecule has 1 aliphatic heterocycles. The predicted molar refractivity (Wildman–Crippen MR) is 58.1 cm³/mol. The van der Waals surface area contributed by atoms with Crippen LogP contribution in [0.25, 0.3) is 0 Å². The number of likely N-dealkylation sites (tertiary alicyclic amines) is 1. The van der Waals surface area contributed by atoms with Crippen LogP contribution in [0.4, 0.5) is 0 Å². The van der Waals surface area contributed by atoms with Crippen LogP contribution in [-0.2, 0) is 14.3 Å². The van der Waals surface area contributed by atoms with Gasteiger partial charge in [-0.2, -0.15) is 0 Å². The van der Waals surface area contributed by atoms with E-state index in [2.05, 4.69) is 17.0 Å². The number of nitrogens with zero attached hydrogens (tertiary/aromatic N) is 1. The second kappa shape index (κ2) is 5.06. The number of esters is 1. The van der Waals surface area contributed by atoms with Gasteiger partial charge in [0.05, 0.1) is 24.4 Å². The lowest BCUT2D eigenvalue weighted by Crippen LogP contribution is -2.32. The average Bonchev–Trinajstić information content (AvgIpc) is 2.64. The Balaban J connectivity index is 2.45. The Hall–Kier alpha value is -1.17. The van der Waals surface area contributed by atoms with E-state index >= 15 is 0 Å². The fourth-order valence-corrected chi connectivity index (χ4v) is 1.73. The monoisotopic (exact) mass is 230 g/mol. The summed E-state index contributed by atoms with van der Waals surface area (Å²) in [5.41, 5.74) is 5.27. The van der Waals surface area contributed by atoms with Crippen LogP contribution in [0.15, 0.2) is 0 Å². The fraction of sp³-hybridized carbons (Fsp3) is 0.667. The van der Waals surface area contributed by atoms with Crippen molar-refractivity contribution >= 4 is 29.1 Å². The van der Waals surface area contributed by atoms with Crippen molar-refractivity contribution in [1.82, 2.24) is 4.90 Å². The van der Waals surface area contributed by atoms with E-state index in [0.717, 1.165) is 0 Å². The number of rotatable bonds is 3. The molecule has 0 aliphatic carbocycles. The molecule has 1 saturated heterocycles. The number of ether oxygens (including phenoxy) is 1. The van der Waals surface area contributed by atoms with E-state index in [1.165, 1.54) is 7.11 Å². The lowest BCUT2D eigenvalue weighted by Gasteiger charge is -2.15. The number of hydrogen-bond acceptors (Lipinski definition) is 4. The number of hydrogen-bond donors (Lipinski definition) is 1. The maximum absolute atomic E-state index is 11.5. The van der Waals surface area contributed by atoms with Crippen LogP contribution in [0, 0.1) is 5.92 Å². The number of thiocarbonyl (C=S) groups is 1. The number of carbonyl (C=O) groups excluding carboxylic acids is 2. The Labute approximate surface area is 93.5 Å². The highest BCUT2D eigenvalue weighted by Gasteiger charge is 2.31. The van der Waals surface area contributed by atoms with Crippen LogP contribution >= 0.6 is 12.2 Å². The first kappa shape index (κ1) is 11.9. The molecule has 1 atom stereocenters. The van der Waals surface area contributed by atoms with Crippen LogP contribution < -0.4 is 5.73 Å². The van der Waals surface area contributed by atoms with E-state index < -0.39 is 0 Å². The first-order valence-electron chi connectivity index (χ1n) is 4.68. The summed E-state index contributed by atoms with van der Waals surface area (Å²) in [6, 6.07) is 0. The molecular weight excluding hydrogens is 216 g/mol. The average molecular weight is 230 g/mol. The van der Waals surface area contributed by atoms with Gasteiger partial charge in [0.15, 0.2) is 0 Å². The molecule has 0 spiro atoms. The second-order valence-corrected chi connectivity index (χ2v) is 4.02. The smallest absolute Gasteiger partial charge is 0.310 e. The summed E-state index contributed by atoms with van der Waals surface area (Å²) in [6.45, 7) is 0.981. The van der Waals surface area contributed by atoms with E-state index in [-0.39, 0.29) is 29.2 Å². The van der Waals surface area contributed by atoms with E-state index in [9.17, 15) is 9.59 Å². The third-order valence-corrected chi connectivity index (χ3v) is 2.55. The lowest BCUT2D eigenvalue weighted by atomic mass is 10.1. The largest absolute Gasteiger partial charge is 0.469 e. The van der Waals surface area contributed by atoms with Crippen LogP contribution in [0.2, 0.25) is 0 Å². The molecule has 84 valence electrons. The molecule has 0 radical (unpaired) electrons. The van der Waals surface area contributed by atoms with E-state index in [1.54, 1.807) is 4.90 Å². The molecule has 1 unspecified atom stereocenters. The van der Waals surface area contributed by atoms with Gasteiger partial charge in [-0.1, -0.05) is 12.2 Å². The van der Waals surface area contributed by atoms with Gasteiger partial charge in [0, 0.05) is 13.1 Å². The maximum Gasteiger partial charge on any atom is 0.310 e. The summed E-state index contributed by atoms with van der Waals surface area (Å²) in [5, 5.41) is 0. The molecule has 2 N–H and O–H groups in total. The van der Waals surface area contributed by atoms with Crippen molar-refractivity contribution in [3.63, 3.8) is 0 Å². The topological polar surface area (TPSA) is 72.6 Å². The van der Waals surface area contributed by atoms with Gasteiger partial charge >= 0.3 is 5.97 Å². The van der Waals surface area contributed by atoms with Gasteiger partial charge < -0.3 is 15.4 Å². The summed E-state index contributed by atoms with van der Waals surface area (Å²) in [6.07, 6.45) is 0.721. The minimum Gasteiger partial charge on any atom is -0.469 e. The van der Waals surface area contributed by atoms with Crippen molar-refractivity contribution in [1.29, 1.82) is 0 Å². The van der Waals surface area contributed by atoms with Crippen molar-refractivity contribution in [3.8, 4) is 0 Å². The molecule has 0 bridgehead atoms. The highest BCUT2D eigenvalue weighted by molar-refractivity contribution is 7.80. The molecule has 1 amide bonds. The molecule has 1 aliphatic rings. The number of amides is 1. The summed E-state index contributed by atoms with van der Waals surface area (Å²) < 4.78 is 4.62. The molecule has 0 aromatic carbocycles. The molecule has 1 rings (SSSR count). The predicted octanol–water partition coefficient (Wildman–Crippen LogP) is -0.316. The van der Waals surface area contributed by atoms with Crippen molar-refractivity contribution in [2.24, 2.45) is 11.7 Å². The van der Waals surface area contributed by atoms with Crippen molar-refractivity contribution < 1.29 is 14.3 Å². The third kappa shape index (κ3) is 3.16. The molecule has 1 heterocycles. The van der Waals surface area contributed by atoms with Crippen LogP contribution in [-0.4, -0.2) is 42.0 Å². The van der Waals surface area contributed by atoms with Gasteiger partial charge in [-0.25, -0.2) is 0 Å². The highest BCUT2D eigenvalue weighted by atomic mass is 32.1. The summed E-state index contributed by atoms with van der Waals surface area (Å²) in [5.74, 6) is -0.583. The van der Waals surface area contributed by atoms with Crippen LogP contribution in [0.3, 0.4) is 0 Å². The zero-order chi connectivity index (χ0) is 11.4. The first-order valence-corrected chi connectivity index (χ1v) is 5.09. The normalized spacial score (nSPS) is 20.1. The molecule has 0 saturated carbocycles. The molecule has 1 fully saturated rings. The van der Waals surface area contributed by atoms with Crippen molar-refractivity contribution in [2.75, 3.05) is 20.2 Å². The minimum absolute atomic E-state index is 0.0726. The Kier molecular flexibility index (Phi) is 4.02. The molecular formula is C9H14N2O3S. The minimum atomic E-state index is -0.263. The van der Waals surface area contributed by atoms with E-state index in [0.29, 0.717) is 19.5 Å².